The Bertz CT molecular complexity index is 1630. The Kier molecular flexibility index (Phi) is 8.67. The summed E-state index contributed by atoms with van der Waals surface area (Å²) < 4.78 is 12.4. The van der Waals surface area contributed by atoms with Crippen LogP contribution in [-0.4, -0.2) is 35.1 Å². The maximum Gasteiger partial charge on any atom is 0.338 e. The number of fused-ring (bicyclic) bond motifs is 1. The van der Waals surface area contributed by atoms with Gasteiger partial charge in [0.2, 0.25) is 0 Å². The van der Waals surface area contributed by atoms with Crippen molar-refractivity contribution in [1.29, 1.82) is 0 Å². The molecule has 0 unspecified atom stereocenters. The van der Waals surface area contributed by atoms with Gasteiger partial charge in [0.15, 0.2) is 5.17 Å². The minimum Gasteiger partial charge on any atom is -0.488 e. The van der Waals surface area contributed by atoms with Crippen LogP contribution in [-0.2, 0) is 16.1 Å². The Labute approximate surface area is 245 Å². The van der Waals surface area contributed by atoms with Gasteiger partial charge in [-0.2, -0.15) is 0 Å². The van der Waals surface area contributed by atoms with Crippen LogP contribution in [0, 0.1) is 0 Å². The summed E-state index contributed by atoms with van der Waals surface area (Å²) in [6, 6.07) is 26.9. The molecule has 0 radical (unpaired) electrons. The summed E-state index contributed by atoms with van der Waals surface area (Å²) in [6.45, 7) is 4.83. The lowest BCUT2D eigenvalue weighted by Gasteiger charge is -2.13. The maximum absolute atomic E-state index is 13.5. The Morgan fingerprint density at radius 3 is 2.58 bits per heavy atom. The van der Waals surface area contributed by atoms with E-state index in [4.69, 9.17) is 14.5 Å². The van der Waals surface area contributed by atoms with Crippen LogP contribution >= 0.6 is 27.7 Å². The zero-order valence-corrected chi connectivity index (χ0v) is 24.5. The number of nitrogens with zero attached hydrogens (tertiary/aromatic N) is 2. The normalized spacial score (nSPS) is 15.3. The SMILES string of the molecule is CCOC(=O)c1cccc(N=C2SC(=Cc3c(OCc4ccc(Br)cc4)ccc4ccccc34)C(=O)N2CC)c1. The monoisotopic (exact) mass is 614 g/mol. The second-order valence-electron chi connectivity index (χ2n) is 8.94. The van der Waals surface area contributed by atoms with Gasteiger partial charge in [0.1, 0.15) is 12.4 Å². The third-order valence-electron chi connectivity index (χ3n) is 6.30. The van der Waals surface area contributed by atoms with Crippen LogP contribution in [0.3, 0.4) is 0 Å². The predicted octanol–water partition coefficient (Wildman–Crippen LogP) is 7.98. The second-order valence-corrected chi connectivity index (χ2v) is 10.9. The molecule has 40 heavy (non-hydrogen) atoms. The molecule has 1 aliphatic rings. The maximum atomic E-state index is 13.5. The van der Waals surface area contributed by atoms with E-state index in [0.717, 1.165) is 26.4 Å². The van der Waals surface area contributed by atoms with Crippen LogP contribution < -0.4 is 4.74 Å². The number of aliphatic imine (C=N–C) groups is 1. The Morgan fingerprint density at radius 1 is 1.00 bits per heavy atom. The van der Waals surface area contributed by atoms with Gasteiger partial charge in [0, 0.05) is 16.6 Å². The lowest BCUT2D eigenvalue weighted by atomic mass is 10.0. The van der Waals surface area contributed by atoms with Crippen molar-refractivity contribution in [1.82, 2.24) is 4.90 Å². The smallest absolute Gasteiger partial charge is 0.338 e. The molecule has 202 valence electrons. The molecule has 4 aromatic carbocycles. The van der Waals surface area contributed by atoms with E-state index in [1.165, 1.54) is 11.8 Å². The van der Waals surface area contributed by atoms with Crippen molar-refractivity contribution < 1.29 is 19.1 Å². The zero-order valence-electron chi connectivity index (χ0n) is 22.1. The van der Waals surface area contributed by atoms with E-state index >= 15 is 0 Å². The van der Waals surface area contributed by atoms with Gasteiger partial charge in [-0.1, -0.05) is 64.5 Å². The summed E-state index contributed by atoms with van der Waals surface area (Å²) in [6.07, 6.45) is 1.90. The number of hydrogen-bond donors (Lipinski definition) is 0. The number of rotatable bonds is 8. The number of thioether (sulfide) groups is 1. The van der Waals surface area contributed by atoms with Crippen molar-refractivity contribution in [3.8, 4) is 5.75 Å². The molecular weight excluding hydrogens is 588 g/mol. The van der Waals surface area contributed by atoms with Crippen LogP contribution in [0.25, 0.3) is 16.8 Å². The van der Waals surface area contributed by atoms with Crippen molar-refractivity contribution in [3.63, 3.8) is 0 Å². The number of amidine groups is 1. The third kappa shape index (κ3) is 6.13. The molecule has 0 saturated carbocycles. The molecule has 1 fully saturated rings. The van der Waals surface area contributed by atoms with Gasteiger partial charge in [0.25, 0.3) is 5.91 Å². The fourth-order valence-electron chi connectivity index (χ4n) is 4.32. The van der Waals surface area contributed by atoms with Gasteiger partial charge in [-0.25, -0.2) is 9.79 Å². The van der Waals surface area contributed by atoms with E-state index in [2.05, 4.69) is 15.9 Å². The van der Waals surface area contributed by atoms with Gasteiger partial charge >= 0.3 is 5.97 Å². The van der Waals surface area contributed by atoms with Gasteiger partial charge in [-0.15, -0.1) is 0 Å². The lowest BCUT2D eigenvalue weighted by Crippen LogP contribution is -2.28. The van der Waals surface area contributed by atoms with Gasteiger partial charge < -0.3 is 9.47 Å². The summed E-state index contributed by atoms with van der Waals surface area (Å²) in [4.78, 5) is 32.6. The van der Waals surface area contributed by atoms with Crippen LogP contribution in [0.2, 0.25) is 0 Å². The molecule has 0 bridgehead atoms. The molecule has 0 spiro atoms. The number of ether oxygens (including phenoxy) is 2. The molecule has 0 aliphatic carbocycles. The predicted molar refractivity (Wildman–Crippen MR) is 165 cm³/mol. The van der Waals surface area contributed by atoms with E-state index in [-0.39, 0.29) is 5.91 Å². The van der Waals surface area contributed by atoms with Crippen molar-refractivity contribution in [3.05, 3.63) is 111 Å². The third-order valence-corrected chi connectivity index (χ3v) is 7.84. The number of likely N-dealkylation sites (N-methyl/N-ethyl adjacent to an activating group) is 1. The summed E-state index contributed by atoms with van der Waals surface area (Å²) in [5.74, 6) is 0.164. The number of amides is 1. The first-order chi connectivity index (χ1) is 19.5. The standard InChI is InChI=1S/C32H27BrN2O4S/c1-3-35-30(36)29(40-32(35)34-25-10-7-9-23(18-25)31(37)38-4-2)19-27-26-11-6-5-8-22(26)14-17-28(27)39-20-21-12-15-24(33)16-13-21/h5-19H,3-4,20H2,1-2H3. The topological polar surface area (TPSA) is 68.2 Å². The molecule has 8 heteroatoms. The van der Waals surface area contributed by atoms with E-state index < -0.39 is 5.97 Å². The minimum atomic E-state index is -0.403. The van der Waals surface area contributed by atoms with Crippen molar-refractivity contribution >= 4 is 67.3 Å². The highest BCUT2D eigenvalue weighted by Crippen LogP contribution is 2.38. The molecule has 0 aromatic heterocycles. The van der Waals surface area contributed by atoms with E-state index in [0.29, 0.717) is 46.8 Å². The molecule has 4 aromatic rings. The largest absolute Gasteiger partial charge is 0.488 e. The highest BCUT2D eigenvalue weighted by molar-refractivity contribution is 9.10. The van der Waals surface area contributed by atoms with Crippen LogP contribution in [0.15, 0.2) is 99.3 Å². The summed E-state index contributed by atoms with van der Waals surface area (Å²) >= 11 is 4.78. The minimum absolute atomic E-state index is 0.125. The first kappa shape index (κ1) is 27.7. The Morgan fingerprint density at radius 2 is 1.80 bits per heavy atom. The lowest BCUT2D eigenvalue weighted by molar-refractivity contribution is -0.122. The molecule has 1 aliphatic heterocycles. The average molecular weight is 616 g/mol. The fraction of sp³-hybridized carbons (Fsp3) is 0.156. The zero-order chi connectivity index (χ0) is 28.1. The van der Waals surface area contributed by atoms with Gasteiger partial charge in [-0.3, -0.25) is 9.69 Å². The first-order valence-electron chi connectivity index (χ1n) is 12.9. The van der Waals surface area contributed by atoms with E-state index in [9.17, 15) is 9.59 Å². The van der Waals surface area contributed by atoms with E-state index in [1.807, 2.05) is 73.7 Å². The second kappa shape index (κ2) is 12.5. The Hall–Kier alpha value is -3.88. The number of hydrogen-bond acceptors (Lipinski definition) is 6. The Balaban J connectivity index is 1.50. The van der Waals surface area contributed by atoms with Crippen LogP contribution in [0.4, 0.5) is 5.69 Å². The summed E-state index contributed by atoms with van der Waals surface area (Å²) in [5, 5.41) is 2.60. The molecule has 5 rings (SSSR count). The molecule has 6 nitrogen and oxygen atoms in total. The molecule has 1 saturated heterocycles. The van der Waals surface area contributed by atoms with Crippen LogP contribution in [0.5, 0.6) is 5.75 Å². The quantitative estimate of drug-likeness (QED) is 0.149. The summed E-state index contributed by atoms with van der Waals surface area (Å²) in [5.41, 5.74) is 2.87. The van der Waals surface area contributed by atoms with Gasteiger partial charge in [0.05, 0.1) is 22.8 Å². The van der Waals surface area contributed by atoms with Crippen molar-refractivity contribution in [2.75, 3.05) is 13.2 Å². The fourth-order valence-corrected chi connectivity index (χ4v) is 5.63. The molecule has 0 atom stereocenters. The average Bonchev–Trinajstić information content (AvgIpc) is 3.26. The number of halogens is 1. The number of benzene rings is 4. The highest BCUT2D eigenvalue weighted by Gasteiger charge is 2.32. The summed E-state index contributed by atoms with van der Waals surface area (Å²) in [7, 11) is 0. The molecule has 0 N–H and O–H groups in total. The van der Waals surface area contributed by atoms with Gasteiger partial charge in [-0.05, 0) is 84.4 Å². The molecule has 1 amide bonds. The molecular formula is C32H27BrN2O4S. The van der Waals surface area contributed by atoms with Crippen LogP contribution in [0.1, 0.15) is 35.3 Å². The van der Waals surface area contributed by atoms with Crippen molar-refractivity contribution in [2.24, 2.45) is 4.99 Å². The van der Waals surface area contributed by atoms with Crippen molar-refractivity contribution in [2.45, 2.75) is 20.5 Å². The number of esters is 1. The number of carbonyl (C=O) groups excluding carboxylic acids is 2. The highest BCUT2D eigenvalue weighted by atomic mass is 79.9. The molecule has 1 heterocycles. The van der Waals surface area contributed by atoms with E-state index in [1.54, 1.807) is 36.1 Å². The number of carbonyl (C=O) groups is 2. The first-order valence-corrected chi connectivity index (χ1v) is 14.5.